The maximum Gasteiger partial charge on any atom is 0.258 e. The van der Waals surface area contributed by atoms with Crippen LogP contribution in [0.2, 0.25) is 0 Å². The van der Waals surface area contributed by atoms with Crippen molar-refractivity contribution in [3.05, 3.63) is 12.7 Å². The summed E-state index contributed by atoms with van der Waals surface area (Å²) in [6, 6.07) is 0.360. The third kappa shape index (κ3) is 3.26. The van der Waals surface area contributed by atoms with Crippen molar-refractivity contribution in [1.82, 2.24) is 29.7 Å². The Bertz CT molecular complexity index is 607. The average Bonchev–Trinajstić information content (AvgIpc) is 2.90. The fourth-order valence-electron chi connectivity index (χ4n) is 2.86. The predicted octanol–water partition coefficient (Wildman–Crippen LogP) is 1.42. The summed E-state index contributed by atoms with van der Waals surface area (Å²) >= 11 is 0. The average molecular weight is 288 g/mol. The van der Waals surface area contributed by atoms with Crippen LogP contribution in [0.15, 0.2) is 12.7 Å². The van der Waals surface area contributed by atoms with Gasteiger partial charge in [-0.2, -0.15) is 24.7 Å². The molecule has 21 heavy (non-hydrogen) atoms. The van der Waals surface area contributed by atoms with Gasteiger partial charge in [-0.1, -0.05) is 20.3 Å². The molecule has 112 valence electrons. The van der Waals surface area contributed by atoms with Gasteiger partial charge in [0.05, 0.1) is 0 Å². The van der Waals surface area contributed by atoms with Crippen LogP contribution in [0.1, 0.15) is 39.5 Å². The van der Waals surface area contributed by atoms with E-state index < -0.39 is 0 Å². The number of nitrogen functional groups attached to an aromatic ring is 1. The van der Waals surface area contributed by atoms with Crippen molar-refractivity contribution >= 4 is 11.9 Å². The van der Waals surface area contributed by atoms with Gasteiger partial charge in [0.25, 0.3) is 5.95 Å². The van der Waals surface area contributed by atoms with Crippen molar-refractivity contribution < 1.29 is 0 Å². The van der Waals surface area contributed by atoms with Crippen LogP contribution in [0, 0.1) is 5.41 Å². The number of aromatic nitrogens is 6. The highest BCUT2D eigenvalue weighted by Crippen LogP contribution is 2.36. The summed E-state index contributed by atoms with van der Waals surface area (Å²) in [5.74, 6) is 1.04. The first-order chi connectivity index (χ1) is 10.0. The minimum Gasteiger partial charge on any atom is -0.368 e. The van der Waals surface area contributed by atoms with E-state index in [1.54, 1.807) is 0 Å². The Balaban J connectivity index is 1.79. The zero-order chi connectivity index (χ0) is 14.9. The molecule has 0 aliphatic heterocycles. The molecule has 1 unspecified atom stereocenters. The van der Waals surface area contributed by atoms with Crippen molar-refractivity contribution in [2.24, 2.45) is 5.41 Å². The Hall–Kier alpha value is -2.25. The van der Waals surface area contributed by atoms with Crippen molar-refractivity contribution in [2.75, 3.05) is 11.1 Å². The van der Waals surface area contributed by atoms with E-state index in [1.807, 2.05) is 0 Å². The van der Waals surface area contributed by atoms with Crippen molar-refractivity contribution in [3.8, 4) is 5.95 Å². The topological polar surface area (TPSA) is 107 Å². The maximum atomic E-state index is 5.76. The summed E-state index contributed by atoms with van der Waals surface area (Å²) in [5, 5.41) is 7.38. The van der Waals surface area contributed by atoms with Crippen LogP contribution in [0.5, 0.6) is 0 Å². The van der Waals surface area contributed by atoms with Crippen molar-refractivity contribution in [1.29, 1.82) is 0 Å². The third-order valence-electron chi connectivity index (χ3n) is 3.80. The number of anilines is 2. The molecule has 0 aromatic carbocycles. The van der Waals surface area contributed by atoms with Gasteiger partial charge < -0.3 is 11.1 Å². The molecule has 8 nitrogen and oxygen atoms in total. The number of hydrogen-bond acceptors (Lipinski definition) is 7. The highest BCUT2D eigenvalue weighted by Gasteiger charge is 2.28. The summed E-state index contributed by atoms with van der Waals surface area (Å²) < 4.78 is 1.47. The summed E-state index contributed by atoms with van der Waals surface area (Å²) in [4.78, 5) is 16.5. The molecule has 1 aliphatic rings. The highest BCUT2D eigenvalue weighted by molar-refractivity contribution is 5.35. The molecule has 0 bridgehead atoms. The highest BCUT2D eigenvalue weighted by atomic mass is 15.4. The number of nitrogens with one attached hydrogen (secondary N) is 1. The van der Waals surface area contributed by atoms with E-state index in [0.29, 0.717) is 23.4 Å². The molecule has 0 spiro atoms. The molecule has 3 N–H and O–H groups in total. The van der Waals surface area contributed by atoms with Gasteiger partial charge in [0, 0.05) is 6.04 Å². The van der Waals surface area contributed by atoms with Gasteiger partial charge in [-0.05, 0) is 24.7 Å². The molecular formula is C13H20N8. The van der Waals surface area contributed by atoms with Crippen LogP contribution >= 0.6 is 0 Å². The van der Waals surface area contributed by atoms with E-state index in [9.17, 15) is 0 Å². The first kappa shape index (κ1) is 13.7. The normalized spacial score (nSPS) is 21.1. The zero-order valence-corrected chi connectivity index (χ0v) is 12.3. The van der Waals surface area contributed by atoms with Crippen LogP contribution in [0.25, 0.3) is 5.95 Å². The molecule has 0 radical (unpaired) electrons. The summed E-state index contributed by atoms with van der Waals surface area (Å²) in [6.45, 7) is 4.59. The van der Waals surface area contributed by atoms with Crippen LogP contribution in [0.3, 0.4) is 0 Å². The summed E-state index contributed by atoms with van der Waals surface area (Å²) in [7, 11) is 0. The van der Waals surface area contributed by atoms with Crippen molar-refractivity contribution in [3.63, 3.8) is 0 Å². The lowest BCUT2D eigenvalue weighted by Crippen LogP contribution is -2.32. The Morgan fingerprint density at radius 1 is 1.33 bits per heavy atom. The third-order valence-corrected chi connectivity index (χ3v) is 3.80. The Morgan fingerprint density at radius 2 is 2.19 bits per heavy atom. The largest absolute Gasteiger partial charge is 0.368 e. The summed E-state index contributed by atoms with van der Waals surface area (Å²) in [6.07, 6.45) is 7.64. The van der Waals surface area contributed by atoms with Gasteiger partial charge >= 0.3 is 0 Å². The molecular weight excluding hydrogens is 268 g/mol. The molecule has 3 rings (SSSR count). The van der Waals surface area contributed by atoms with Gasteiger partial charge in [0.1, 0.15) is 12.7 Å². The SMILES string of the molecule is CC1(C)CCCC(Nc2nc(N)nc(-n3cncn3)n2)C1. The first-order valence-electron chi connectivity index (χ1n) is 7.15. The minimum absolute atomic E-state index is 0.174. The van der Waals surface area contributed by atoms with Crippen LogP contribution in [-0.4, -0.2) is 35.8 Å². The molecule has 2 aromatic rings. The zero-order valence-electron chi connectivity index (χ0n) is 12.3. The molecule has 0 amide bonds. The molecule has 0 saturated heterocycles. The minimum atomic E-state index is 0.174. The van der Waals surface area contributed by atoms with Gasteiger partial charge in [-0.3, -0.25) is 0 Å². The second-order valence-electron chi connectivity index (χ2n) is 6.26. The van der Waals surface area contributed by atoms with E-state index in [4.69, 9.17) is 5.73 Å². The quantitative estimate of drug-likeness (QED) is 0.879. The Labute approximate surface area is 123 Å². The number of hydrogen-bond donors (Lipinski definition) is 2. The second kappa shape index (κ2) is 5.27. The molecule has 2 aromatic heterocycles. The smallest absolute Gasteiger partial charge is 0.258 e. The Morgan fingerprint density at radius 3 is 2.90 bits per heavy atom. The molecule has 8 heteroatoms. The van der Waals surface area contributed by atoms with E-state index in [-0.39, 0.29) is 5.95 Å². The molecule has 1 fully saturated rings. The van der Waals surface area contributed by atoms with E-state index in [2.05, 4.69) is 44.2 Å². The molecule has 1 atom stereocenters. The van der Waals surface area contributed by atoms with E-state index in [1.165, 1.54) is 30.2 Å². The lowest BCUT2D eigenvalue weighted by molar-refractivity contribution is 0.229. The molecule has 1 saturated carbocycles. The van der Waals surface area contributed by atoms with Gasteiger partial charge in [-0.25, -0.2) is 4.98 Å². The molecule has 2 heterocycles. The van der Waals surface area contributed by atoms with E-state index >= 15 is 0 Å². The maximum absolute atomic E-state index is 5.76. The van der Waals surface area contributed by atoms with Gasteiger partial charge in [0.15, 0.2) is 0 Å². The number of nitrogens with zero attached hydrogens (tertiary/aromatic N) is 6. The van der Waals surface area contributed by atoms with Gasteiger partial charge in [-0.15, -0.1) is 0 Å². The van der Waals surface area contributed by atoms with Crippen molar-refractivity contribution in [2.45, 2.75) is 45.6 Å². The fraction of sp³-hybridized carbons (Fsp3) is 0.615. The lowest BCUT2D eigenvalue weighted by Gasteiger charge is -2.35. The molecule has 1 aliphatic carbocycles. The van der Waals surface area contributed by atoms with Crippen LogP contribution in [-0.2, 0) is 0 Å². The predicted molar refractivity (Wildman–Crippen MR) is 78.8 cm³/mol. The number of nitrogens with two attached hydrogens (primary N) is 1. The number of rotatable bonds is 3. The van der Waals surface area contributed by atoms with Crippen LogP contribution < -0.4 is 11.1 Å². The first-order valence-corrected chi connectivity index (χ1v) is 7.15. The van der Waals surface area contributed by atoms with E-state index in [0.717, 1.165) is 12.8 Å². The second-order valence-corrected chi connectivity index (χ2v) is 6.26. The standard InChI is InChI=1S/C13H20N8/c1-13(2)5-3-4-9(6-13)17-11-18-10(14)19-12(20-11)21-8-15-7-16-21/h7-9H,3-6H2,1-2H3,(H3,14,17,18,19,20). The lowest BCUT2D eigenvalue weighted by atomic mass is 9.75. The monoisotopic (exact) mass is 288 g/mol. The Kier molecular flexibility index (Phi) is 3.44. The van der Waals surface area contributed by atoms with Crippen LogP contribution in [0.4, 0.5) is 11.9 Å². The van der Waals surface area contributed by atoms with Gasteiger partial charge in [0.2, 0.25) is 11.9 Å². The fourth-order valence-corrected chi connectivity index (χ4v) is 2.86. The summed E-state index contributed by atoms with van der Waals surface area (Å²) in [5.41, 5.74) is 6.11.